The molecule has 0 saturated heterocycles. The van der Waals surface area contributed by atoms with Crippen LogP contribution in [0, 0.1) is 0 Å². The van der Waals surface area contributed by atoms with E-state index >= 15 is 0 Å². The second-order valence-electron chi connectivity index (χ2n) is 17.3. The van der Waals surface area contributed by atoms with Gasteiger partial charge >= 0.3 is 0 Å². The van der Waals surface area contributed by atoms with E-state index in [1.54, 1.807) is 0 Å². The Morgan fingerprint density at radius 2 is 0.943 bits per heavy atom. The van der Waals surface area contributed by atoms with Crippen LogP contribution >= 0.6 is 19.4 Å². The summed E-state index contributed by atoms with van der Waals surface area (Å²) in [5.41, 5.74) is 0. The van der Waals surface area contributed by atoms with Crippen molar-refractivity contribution in [3.05, 3.63) is 0 Å². The van der Waals surface area contributed by atoms with Crippen LogP contribution in [0.1, 0.15) is 226 Å². The van der Waals surface area contributed by atoms with E-state index in [0.717, 1.165) is 29.6 Å². The van der Waals surface area contributed by atoms with Gasteiger partial charge in [-0.05, 0) is 18.6 Å². The van der Waals surface area contributed by atoms with Crippen LogP contribution in [0.25, 0.3) is 0 Å². The first-order valence-corrected chi connectivity index (χ1v) is 26.1. The van der Waals surface area contributed by atoms with Gasteiger partial charge in [-0.25, -0.2) is 0 Å². The van der Waals surface area contributed by atoms with Gasteiger partial charge in [-0.15, -0.1) is 0 Å². The summed E-state index contributed by atoms with van der Waals surface area (Å²) in [4.78, 5) is 25.5. The quantitative estimate of drug-likeness (QED) is 0.0378. The predicted octanol–water partition coefficient (Wildman–Crippen LogP) is 13.4. The Morgan fingerprint density at radius 1 is 0.585 bits per heavy atom. The highest BCUT2D eigenvalue weighted by molar-refractivity contribution is 7.99. The fraction of sp³-hybridized carbons (Fsp3) is 0.978. The SMILES string of the molecule is CCCCCCCCCCCCCCCCCCSC[C@@H](COP(=O)([O-])CCC[N+](C)(C)C)NC(=O)CCCCCCCCCCCCCCCCC. The number of nitrogens with one attached hydrogen (secondary N) is 1. The first-order chi connectivity index (χ1) is 25.6. The fourth-order valence-corrected chi connectivity index (χ4v) is 9.18. The molecule has 0 aliphatic rings. The fourth-order valence-electron chi connectivity index (χ4n) is 7.07. The summed E-state index contributed by atoms with van der Waals surface area (Å²) >= 11 is 1.82. The first-order valence-electron chi connectivity index (χ1n) is 23.2. The zero-order valence-electron chi connectivity index (χ0n) is 36.4. The predicted molar refractivity (Wildman–Crippen MR) is 234 cm³/mol. The van der Waals surface area contributed by atoms with Gasteiger partial charge in [0.15, 0.2) is 0 Å². The normalized spacial score (nSPS) is 13.7. The number of carbonyl (C=O) groups is 1. The van der Waals surface area contributed by atoms with Crippen LogP contribution in [-0.4, -0.2) is 68.4 Å². The van der Waals surface area contributed by atoms with Crippen molar-refractivity contribution in [3.63, 3.8) is 0 Å². The van der Waals surface area contributed by atoms with Crippen LogP contribution < -0.4 is 10.2 Å². The average Bonchev–Trinajstić information content (AvgIpc) is 3.11. The Hall–Kier alpha value is -0.0700. The van der Waals surface area contributed by atoms with Gasteiger partial charge in [0.05, 0.1) is 40.3 Å². The number of hydrogen-bond acceptors (Lipinski definition) is 5. The van der Waals surface area contributed by atoms with E-state index in [4.69, 9.17) is 4.52 Å². The molecule has 1 amide bonds. The molecule has 0 spiro atoms. The standard InChI is InChI=1S/C45H93N2O4PS/c1-6-8-10-12-14-16-18-20-22-24-26-28-30-32-34-36-41-53-43-44(42-51-52(49,50)40-37-39-47(3,4)5)46-45(48)38-35-33-31-29-27-25-23-21-19-17-15-13-11-9-7-2/h44H,6-43H2,1-5H3,(H-,46,48,49,50)/t44-/m1/s1. The molecule has 0 aromatic heterocycles. The smallest absolute Gasteiger partial charge is 0.220 e. The van der Waals surface area contributed by atoms with E-state index in [1.807, 2.05) is 11.8 Å². The lowest BCUT2D eigenvalue weighted by Gasteiger charge is -2.29. The van der Waals surface area contributed by atoms with Gasteiger partial charge in [0.2, 0.25) is 5.91 Å². The van der Waals surface area contributed by atoms with Crippen LogP contribution in [0.4, 0.5) is 0 Å². The van der Waals surface area contributed by atoms with Gasteiger partial charge in [-0.3, -0.25) is 4.79 Å². The summed E-state index contributed by atoms with van der Waals surface area (Å²) < 4.78 is 18.9. The molecule has 0 aliphatic carbocycles. The van der Waals surface area contributed by atoms with Crippen LogP contribution in [0.15, 0.2) is 0 Å². The minimum Gasteiger partial charge on any atom is -0.778 e. The summed E-state index contributed by atoms with van der Waals surface area (Å²) in [6.07, 6.45) is 42.6. The molecule has 0 aromatic carbocycles. The zero-order chi connectivity index (χ0) is 39.1. The van der Waals surface area contributed by atoms with Crippen LogP contribution in [-0.2, 0) is 13.9 Å². The molecule has 6 nitrogen and oxygen atoms in total. The number of carbonyl (C=O) groups excluding carboxylic acids is 1. The molecule has 0 radical (unpaired) electrons. The number of quaternary nitrogens is 1. The van der Waals surface area contributed by atoms with Crippen LogP contribution in [0.2, 0.25) is 0 Å². The van der Waals surface area contributed by atoms with Crippen molar-refractivity contribution in [1.29, 1.82) is 0 Å². The maximum atomic E-state index is 12.9. The molecule has 0 aromatic rings. The van der Waals surface area contributed by atoms with Crippen molar-refractivity contribution in [2.24, 2.45) is 0 Å². The van der Waals surface area contributed by atoms with Crippen molar-refractivity contribution in [2.75, 3.05) is 52.0 Å². The Bertz CT molecular complexity index is 825. The van der Waals surface area contributed by atoms with Gasteiger partial charge in [-0.1, -0.05) is 200 Å². The molecule has 1 N–H and O–H groups in total. The van der Waals surface area contributed by atoms with Gasteiger partial charge in [0, 0.05) is 24.8 Å². The molecule has 53 heavy (non-hydrogen) atoms. The Balaban J connectivity index is 4.17. The van der Waals surface area contributed by atoms with Gasteiger partial charge in [-0.2, -0.15) is 11.8 Å². The van der Waals surface area contributed by atoms with E-state index < -0.39 is 7.60 Å². The van der Waals surface area contributed by atoms with E-state index in [1.165, 1.54) is 186 Å². The summed E-state index contributed by atoms with van der Waals surface area (Å²) in [5, 5.41) is 3.13. The number of amides is 1. The van der Waals surface area contributed by atoms with Crippen molar-refractivity contribution in [3.8, 4) is 0 Å². The Labute approximate surface area is 336 Å². The van der Waals surface area contributed by atoms with Gasteiger partial charge in [0.1, 0.15) is 7.60 Å². The molecule has 0 heterocycles. The Morgan fingerprint density at radius 3 is 1.32 bits per heavy atom. The van der Waals surface area contributed by atoms with E-state index in [-0.39, 0.29) is 24.7 Å². The summed E-state index contributed by atoms with van der Waals surface area (Å²) in [6, 6.07) is -0.273. The van der Waals surface area contributed by atoms with Crippen molar-refractivity contribution in [2.45, 2.75) is 232 Å². The van der Waals surface area contributed by atoms with E-state index in [2.05, 4.69) is 40.3 Å². The lowest BCUT2D eigenvalue weighted by Crippen LogP contribution is -2.40. The largest absolute Gasteiger partial charge is 0.778 e. The molecule has 2 atom stereocenters. The topological polar surface area (TPSA) is 78.5 Å². The van der Waals surface area contributed by atoms with Crippen molar-refractivity contribution >= 4 is 25.3 Å². The number of hydrogen-bond donors (Lipinski definition) is 1. The monoisotopic (exact) mass is 789 g/mol. The number of unbranched alkanes of at least 4 members (excludes halogenated alkanes) is 29. The number of rotatable bonds is 43. The third-order valence-corrected chi connectivity index (χ3v) is 13.2. The minimum absolute atomic E-state index is 0.0297. The first kappa shape index (κ1) is 52.9. The third-order valence-electron chi connectivity index (χ3n) is 10.6. The Kier molecular flexibility index (Phi) is 38.7. The minimum atomic E-state index is -3.93. The lowest BCUT2D eigenvalue weighted by atomic mass is 10.0. The third kappa shape index (κ3) is 42.9. The maximum absolute atomic E-state index is 12.9. The highest BCUT2D eigenvalue weighted by Crippen LogP contribution is 2.37. The average molecular weight is 789 g/mol. The molecular weight excluding hydrogens is 696 g/mol. The molecule has 318 valence electrons. The molecule has 0 bridgehead atoms. The molecular formula is C45H93N2O4PS. The van der Waals surface area contributed by atoms with E-state index in [0.29, 0.717) is 18.6 Å². The molecule has 0 saturated carbocycles. The highest BCUT2D eigenvalue weighted by atomic mass is 32.2. The van der Waals surface area contributed by atoms with Crippen LogP contribution in [0.5, 0.6) is 0 Å². The van der Waals surface area contributed by atoms with Gasteiger partial charge in [0.25, 0.3) is 0 Å². The summed E-state index contributed by atoms with van der Waals surface area (Å²) in [6.45, 7) is 5.39. The zero-order valence-corrected chi connectivity index (χ0v) is 38.1. The summed E-state index contributed by atoms with van der Waals surface area (Å²) in [7, 11) is 2.27. The molecule has 8 heteroatoms. The van der Waals surface area contributed by atoms with Gasteiger partial charge < -0.3 is 23.8 Å². The molecule has 1 unspecified atom stereocenters. The van der Waals surface area contributed by atoms with Crippen molar-refractivity contribution in [1.82, 2.24) is 5.32 Å². The number of thioether (sulfide) groups is 1. The highest BCUT2D eigenvalue weighted by Gasteiger charge is 2.18. The maximum Gasteiger partial charge on any atom is 0.220 e. The molecule has 0 fully saturated rings. The molecule has 0 rings (SSSR count). The summed E-state index contributed by atoms with van der Waals surface area (Å²) in [5.74, 6) is 1.77. The molecule has 0 aliphatic heterocycles. The lowest BCUT2D eigenvalue weighted by molar-refractivity contribution is -0.870. The van der Waals surface area contributed by atoms with Crippen molar-refractivity contribution < 1.29 is 23.3 Å². The number of nitrogens with zero attached hydrogens (tertiary/aromatic N) is 1. The second-order valence-corrected chi connectivity index (χ2v) is 20.4. The van der Waals surface area contributed by atoms with Crippen LogP contribution in [0.3, 0.4) is 0 Å². The second kappa shape index (κ2) is 38.8. The van der Waals surface area contributed by atoms with E-state index in [9.17, 15) is 14.3 Å².